The lowest BCUT2D eigenvalue weighted by Gasteiger charge is -2.08. The van der Waals surface area contributed by atoms with Crippen LogP contribution in [0.3, 0.4) is 0 Å². The molecule has 0 saturated carbocycles. The lowest BCUT2D eigenvalue weighted by molar-refractivity contribution is 0.0499. The van der Waals surface area contributed by atoms with Crippen LogP contribution < -0.4 is 0 Å². The van der Waals surface area contributed by atoms with Crippen LogP contribution in [-0.4, -0.2) is 12.6 Å². The van der Waals surface area contributed by atoms with Crippen LogP contribution in [0.25, 0.3) is 0 Å². The molecule has 0 aliphatic rings. The van der Waals surface area contributed by atoms with Crippen molar-refractivity contribution < 1.29 is 9.53 Å². The molecular formula is C13H18O2. The van der Waals surface area contributed by atoms with E-state index in [0.717, 1.165) is 24.0 Å². The number of carbonyl (C=O) groups is 1. The third-order valence-electron chi connectivity index (χ3n) is 2.56. The van der Waals surface area contributed by atoms with Gasteiger partial charge in [-0.3, -0.25) is 0 Å². The summed E-state index contributed by atoms with van der Waals surface area (Å²) in [5.41, 5.74) is 2.82. The van der Waals surface area contributed by atoms with Gasteiger partial charge in [-0.2, -0.15) is 0 Å². The summed E-state index contributed by atoms with van der Waals surface area (Å²) < 4.78 is 5.17. The van der Waals surface area contributed by atoms with Crippen molar-refractivity contribution in [1.82, 2.24) is 0 Å². The molecule has 0 aromatic heterocycles. The first kappa shape index (κ1) is 11.8. The van der Waals surface area contributed by atoms with Gasteiger partial charge in [-0.25, -0.2) is 4.79 Å². The van der Waals surface area contributed by atoms with E-state index in [2.05, 4.69) is 6.92 Å². The molecule has 82 valence electrons. The summed E-state index contributed by atoms with van der Waals surface area (Å²) in [6, 6.07) is 5.70. The van der Waals surface area contributed by atoms with Crippen LogP contribution >= 0.6 is 0 Å². The maximum atomic E-state index is 11.7. The molecule has 0 aliphatic heterocycles. The molecule has 0 saturated heterocycles. The zero-order chi connectivity index (χ0) is 11.3. The van der Waals surface area contributed by atoms with Crippen molar-refractivity contribution in [2.45, 2.75) is 33.6 Å². The van der Waals surface area contributed by atoms with E-state index >= 15 is 0 Å². The lowest BCUT2D eigenvalue weighted by atomic mass is 10.0. The van der Waals surface area contributed by atoms with E-state index in [9.17, 15) is 4.79 Å². The first-order valence-corrected chi connectivity index (χ1v) is 5.40. The highest BCUT2D eigenvalue weighted by Gasteiger charge is 2.10. The molecule has 0 heterocycles. The second kappa shape index (κ2) is 5.54. The molecule has 2 heteroatoms. The van der Waals surface area contributed by atoms with Crippen LogP contribution in [0.5, 0.6) is 0 Å². The van der Waals surface area contributed by atoms with Gasteiger partial charge in [-0.15, -0.1) is 0 Å². The van der Waals surface area contributed by atoms with Gasteiger partial charge in [-0.05, 0) is 37.5 Å². The zero-order valence-corrected chi connectivity index (χ0v) is 9.67. The fourth-order valence-electron chi connectivity index (χ4n) is 1.36. The van der Waals surface area contributed by atoms with Gasteiger partial charge in [0.15, 0.2) is 0 Å². The minimum absolute atomic E-state index is 0.204. The molecule has 0 spiro atoms. The summed E-state index contributed by atoms with van der Waals surface area (Å²) in [6.07, 6.45) is 1.97. The van der Waals surface area contributed by atoms with E-state index in [1.807, 2.05) is 32.0 Å². The average molecular weight is 206 g/mol. The molecule has 0 N–H and O–H groups in total. The van der Waals surface area contributed by atoms with Gasteiger partial charge in [0.05, 0.1) is 12.2 Å². The largest absolute Gasteiger partial charge is 0.462 e. The number of ether oxygens (including phenoxy) is 1. The Hall–Kier alpha value is -1.31. The summed E-state index contributed by atoms with van der Waals surface area (Å²) >= 11 is 0. The molecule has 1 aromatic rings. The molecular weight excluding hydrogens is 188 g/mol. The predicted octanol–water partition coefficient (Wildman–Crippen LogP) is 3.26. The Morgan fingerprint density at radius 1 is 1.33 bits per heavy atom. The number of carbonyl (C=O) groups excluding carboxylic acids is 1. The van der Waals surface area contributed by atoms with Gasteiger partial charge in [0, 0.05) is 0 Å². The molecule has 0 bridgehead atoms. The van der Waals surface area contributed by atoms with Crippen molar-refractivity contribution in [2.24, 2.45) is 0 Å². The third kappa shape index (κ3) is 3.08. The minimum atomic E-state index is -0.204. The number of hydrogen-bond acceptors (Lipinski definition) is 2. The Kier molecular flexibility index (Phi) is 4.35. The molecule has 1 rings (SSSR count). The van der Waals surface area contributed by atoms with Gasteiger partial charge in [0.2, 0.25) is 0 Å². The zero-order valence-electron chi connectivity index (χ0n) is 9.67. The Bertz CT molecular complexity index is 342. The second-order valence-corrected chi connectivity index (χ2v) is 3.74. The maximum absolute atomic E-state index is 11.7. The van der Waals surface area contributed by atoms with Crippen molar-refractivity contribution in [3.63, 3.8) is 0 Å². The molecule has 2 nitrogen and oxygen atoms in total. The SMILES string of the molecule is CCCCOC(=O)c1cccc(C)c1C. The topological polar surface area (TPSA) is 26.3 Å². The fourth-order valence-corrected chi connectivity index (χ4v) is 1.36. The van der Waals surface area contributed by atoms with Crippen LogP contribution in [0, 0.1) is 13.8 Å². The Balaban J connectivity index is 2.69. The number of esters is 1. The summed E-state index contributed by atoms with van der Waals surface area (Å²) in [5.74, 6) is -0.204. The maximum Gasteiger partial charge on any atom is 0.338 e. The van der Waals surface area contributed by atoms with Crippen LogP contribution in [0.1, 0.15) is 41.3 Å². The van der Waals surface area contributed by atoms with Gasteiger partial charge in [0.25, 0.3) is 0 Å². The van der Waals surface area contributed by atoms with Gasteiger partial charge in [-0.1, -0.05) is 25.5 Å². The van der Waals surface area contributed by atoms with E-state index in [-0.39, 0.29) is 5.97 Å². The van der Waals surface area contributed by atoms with Crippen LogP contribution in [0.15, 0.2) is 18.2 Å². The van der Waals surface area contributed by atoms with E-state index < -0.39 is 0 Å². The third-order valence-corrected chi connectivity index (χ3v) is 2.56. The molecule has 0 aliphatic carbocycles. The first-order chi connectivity index (χ1) is 7.16. The highest BCUT2D eigenvalue weighted by Crippen LogP contribution is 2.13. The summed E-state index contributed by atoms with van der Waals surface area (Å²) in [6.45, 7) is 6.54. The molecule has 0 amide bonds. The van der Waals surface area contributed by atoms with E-state index in [1.165, 1.54) is 0 Å². The van der Waals surface area contributed by atoms with E-state index in [1.54, 1.807) is 0 Å². The van der Waals surface area contributed by atoms with Crippen molar-refractivity contribution >= 4 is 5.97 Å². The Morgan fingerprint density at radius 2 is 2.07 bits per heavy atom. The number of benzene rings is 1. The van der Waals surface area contributed by atoms with E-state index in [4.69, 9.17) is 4.74 Å². The Morgan fingerprint density at radius 3 is 2.73 bits per heavy atom. The normalized spacial score (nSPS) is 10.1. The monoisotopic (exact) mass is 206 g/mol. The summed E-state index contributed by atoms with van der Waals surface area (Å²) in [5, 5.41) is 0. The van der Waals surface area contributed by atoms with E-state index in [0.29, 0.717) is 12.2 Å². The molecule has 1 aromatic carbocycles. The van der Waals surface area contributed by atoms with Gasteiger partial charge in [0.1, 0.15) is 0 Å². The quantitative estimate of drug-likeness (QED) is 0.558. The number of aryl methyl sites for hydroxylation is 1. The van der Waals surface area contributed by atoms with Gasteiger partial charge < -0.3 is 4.74 Å². The highest BCUT2D eigenvalue weighted by molar-refractivity contribution is 5.91. The molecule has 0 atom stereocenters. The lowest BCUT2D eigenvalue weighted by Crippen LogP contribution is -2.08. The first-order valence-electron chi connectivity index (χ1n) is 5.40. The van der Waals surface area contributed by atoms with Crippen LogP contribution in [0.4, 0.5) is 0 Å². The predicted molar refractivity (Wildman–Crippen MR) is 61.1 cm³/mol. The molecule has 0 fully saturated rings. The summed E-state index contributed by atoms with van der Waals surface area (Å²) in [4.78, 5) is 11.7. The van der Waals surface area contributed by atoms with Gasteiger partial charge >= 0.3 is 5.97 Å². The molecule has 0 radical (unpaired) electrons. The number of hydrogen-bond donors (Lipinski definition) is 0. The molecule has 0 unspecified atom stereocenters. The average Bonchev–Trinajstić information content (AvgIpc) is 2.22. The van der Waals surface area contributed by atoms with Crippen LogP contribution in [0.2, 0.25) is 0 Å². The summed E-state index contributed by atoms with van der Waals surface area (Å²) in [7, 11) is 0. The minimum Gasteiger partial charge on any atom is -0.462 e. The second-order valence-electron chi connectivity index (χ2n) is 3.74. The smallest absolute Gasteiger partial charge is 0.338 e. The van der Waals surface area contributed by atoms with Crippen molar-refractivity contribution in [3.05, 3.63) is 34.9 Å². The van der Waals surface area contributed by atoms with Crippen molar-refractivity contribution in [2.75, 3.05) is 6.61 Å². The Labute approximate surface area is 91.3 Å². The molecule has 15 heavy (non-hydrogen) atoms. The van der Waals surface area contributed by atoms with Crippen molar-refractivity contribution in [3.8, 4) is 0 Å². The highest BCUT2D eigenvalue weighted by atomic mass is 16.5. The standard InChI is InChI=1S/C13H18O2/c1-4-5-9-15-13(14)12-8-6-7-10(2)11(12)3/h6-8H,4-5,9H2,1-3H3. The number of rotatable bonds is 4. The number of unbranched alkanes of at least 4 members (excludes halogenated alkanes) is 1. The fraction of sp³-hybridized carbons (Fsp3) is 0.462. The van der Waals surface area contributed by atoms with Crippen molar-refractivity contribution in [1.29, 1.82) is 0 Å². The van der Waals surface area contributed by atoms with Crippen LogP contribution in [-0.2, 0) is 4.74 Å².